The van der Waals surface area contributed by atoms with Crippen LogP contribution in [0.25, 0.3) is 0 Å². The number of rotatable bonds is 8. The van der Waals surface area contributed by atoms with Gasteiger partial charge < -0.3 is 20.8 Å². The van der Waals surface area contributed by atoms with E-state index in [-0.39, 0.29) is 19.1 Å². The summed E-state index contributed by atoms with van der Waals surface area (Å²) in [5.41, 5.74) is 0. The standard InChI is InChI=1S/C13H20N2O4S/c1-2-4-9(11-5-3-8-20-11)14-13(19)15-10(6-7-16)12(17)18/h3,5,8-10,16H,2,4,6-7H2,1H3,(H,17,18)(H2,14,15,19)/t9?,10-/m1/s1. The quantitative estimate of drug-likeness (QED) is 0.587. The lowest BCUT2D eigenvalue weighted by Crippen LogP contribution is -2.47. The minimum atomic E-state index is -1.16. The van der Waals surface area contributed by atoms with Crippen molar-refractivity contribution in [1.82, 2.24) is 10.6 Å². The highest BCUT2D eigenvalue weighted by molar-refractivity contribution is 7.10. The molecule has 0 saturated heterocycles. The Morgan fingerprint density at radius 3 is 2.60 bits per heavy atom. The van der Waals surface area contributed by atoms with Gasteiger partial charge in [0.05, 0.1) is 6.04 Å². The molecule has 0 aliphatic rings. The lowest BCUT2D eigenvalue weighted by Gasteiger charge is -2.19. The molecule has 0 aliphatic heterocycles. The molecule has 1 rings (SSSR count). The fraction of sp³-hybridized carbons (Fsp3) is 0.538. The van der Waals surface area contributed by atoms with E-state index in [0.717, 1.165) is 17.7 Å². The zero-order valence-corrected chi connectivity index (χ0v) is 12.2. The third-order valence-corrected chi connectivity index (χ3v) is 3.78. The minimum absolute atomic E-state index is 0.0137. The van der Waals surface area contributed by atoms with Crippen molar-refractivity contribution >= 4 is 23.3 Å². The molecule has 4 N–H and O–H groups in total. The van der Waals surface area contributed by atoms with Gasteiger partial charge >= 0.3 is 12.0 Å². The Bertz CT molecular complexity index is 422. The number of aliphatic hydroxyl groups is 1. The second kappa shape index (κ2) is 8.55. The number of carbonyl (C=O) groups excluding carboxylic acids is 1. The predicted octanol–water partition coefficient (Wildman–Crippen LogP) is 1.72. The van der Waals surface area contributed by atoms with Crippen molar-refractivity contribution in [1.29, 1.82) is 0 Å². The molecule has 0 aromatic carbocycles. The second-order valence-electron chi connectivity index (χ2n) is 4.38. The van der Waals surface area contributed by atoms with Gasteiger partial charge in [-0.3, -0.25) is 0 Å². The van der Waals surface area contributed by atoms with Gasteiger partial charge in [-0.15, -0.1) is 11.3 Å². The highest BCUT2D eigenvalue weighted by Gasteiger charge is 2.21. The molecule has 0 fully saturated rings. The van der Waals surface area contributed by atoms with E-state index in [0.29, 0.717) is 0 Å². The molecule has 6 nitrogen and oxygen atoms in total. The molecule has 0 saturated carbocycles. The van der Waals surface area contributed by atoms with Crippen molar-refractivity contribution in [2.75, 3.05) is 6.61 Å². The number of carboxylic acid groups (broad SMARTS) is 1. The number of thiophene rings is 1. The smallest absolute Gasteiger partial charge is 0.326 e. The highest BCUT2D eigenvalue weighted by Crippen LogP contribution is 2.22. The van der Waals surface area contributed by atoms with Crippen LogP contribution in [0, 0.1) is 0 Å². The van der Waals surface area contributed by atoms with Crippen molar-refractivity contribution in [3.63, 3.8) is 0 Å². The lowest BCUT2D eigenvalue weighted by atomic mass is 10.1. The first-order valence-electron chi connectivity index (χ1n) is 6.52. The molecule has 0 radical (unpaired) electrons. The molecular weight excluding hydrogens is 280 g/mol. The van der Waals surface area contributed by atoms with E-state index < -0.39 is 18.0 Å². The summed E-state index contributed by atoms with van der Waals surface area (Å²) in [5, 5.41) is 24.8. The number of carboxylic acids is 1. The summed E-state index contributed by atoms with van der Waals surface area (Å²) in [5.74, 6) is -1.16. The van der Waals surface area contributed by atoms with Crippen molar-refractivity contribution in [3.8, 4) is 0 Å². The van der Waals surface area contributed by atoms with E-state index in [1.807, 2.05) is 24.4 Å². The maximum atomic E-state index is 11.9. The van der Waals surface area contributed by atoms with Gasteiger partial charge in [-0.25, -0.2) is 9.59 Å². The molecular formula is C13H20N2O4S. The Balaban J connectivity index is 2.59. The summed E-state index contributed by atoms with van der Waals surface area (Å²) in [6, 6.07) is 2.12. The van der Waals surface area contributed by atoms with E-state index in [9.17, 15) is 9.59 Å². The second-order valence-corrected chi connectivity index (χ2v) is 5.36. The van der Waals surface area contributed by atoms with Crippen LogP contribution in [-0.2, 0) is 4.79 Å². The molecule has 2 amide bonds. The van der Waals surface area contributed by atoms with E-state index in [1.54, 1.807) is 11.3 Å². The van der Waals surface area contributed by atoms with Crippen molar-refractivity contribution < 1.29 is 19.8 Å². The van der Waals surface area contributed by atoms with Crippen molar-refractivity contribution in [3.05, 3.63) is 22.4 Å². The topological polar surface area (TPSA) is 98.7 Å². The zero-order valence-electron chi connectivity index (χ0n) is 11.3. The van der Waals surface area contributed by atoms with E-state index >= 15 is 0 Å². The Kier molecular flexibility index (Phi) is 7.03. The molecule has 0 spiro atoms. The van der Waals surface area contributed by atoms with Gasteiger partial charge in [-0.1, -0.05) is 19.4 Å². The molecule has 1 aromatic heterocycles. The molecule has 1 heterocycles. The molecule has 0 aliphatic carbocycles. The van der Waals surface area contributed by atoms with Crippen molar-refractivity contribution in [2.24, 2.45) is 0 Å². The van der Waals surface area contributed by atoms with Crippen LogP contribution < -0.4 is 10.6 Å². The fourth-order valence-electron chi connectivity index (χ4n) is 1.81. The molecule has 112 valence electrons. The summed E-state index contributed by atoms with van der Waals surface area (Å²) in [4.78, 5) is 23.8. The maximum absolute atomic E-state index is 11.9. The van der Waals surface area contributed by atoms with Crippen LogP contribution in [0.1, 0.15) is 37.1 Å². The van der Waals surface area contributed by atoms with Crippen LogP contribution in [0.5, 0.6) is 0 Å². The van der Waals surface area contributed by atoms with Gasteiger partial charge in [0.25, 0.3) is 0 Å². The van der Waals surface area contributed by atoms with Crippen LogP contribution in [-0.4, -0.2) is 34.9 Å². The monoisotopic (exact) mass is 300 g/mol. The van der Waals surface area contributed by atoms with Crippen LogP contribution in [0.15, 0.2) is 17.5 Å². The average Bonchev–Trinajstić information content (AvgIpc) is 2.91. The Morgan fingerprint density at radius 1 is 1.35 bits per heavy atom. The normalized spacial score (nSPS) is 13.5. The van der Waals surface area contributed by atoms with E-state index in [4.69, 9.17) is 10.2 Å². The van der Waals surface area contributed by atoms with Gasteiger partial charge in [0.15, 0.2) is 0 Å². The molecule has 20 heavy (non-hydrogen) atoms. The predicted molar refractivity (Wildman–Crippen MR) is 76.8 cm³/mol. The third-order valence-electron chi connectivity index (χ3n) is 2.79. The van der Waals surface area contributed by atoms with Gasteiger partial charge in [0.2, 0.25) is 0 Å². The fourth-order valence-corrected chi connectivity index (χ4v) is 2.62. The Hall–Kier alpha value is -1.60. The van der Waals surface area contributed by atoms with Crippen molar-refractivity contribution in [2.45, 2.75) is 38.3 Å². The molecule has 7 heteroatoms. The third kappa shape index (κ3) is 5.18. The van der Waals surface area contributed by atoms with Gasteiger partial charge in [0, 0.05) is 17.9 Å². The summed E-state index contributed by atoms with van der Waals surface area (Å²) in [7, 11) is 0. The zero-order chi connectivity index (χ0) is 15.0. The summed E-state index contributed by atoms with van der Waals surface area (Å²) in [6.45, 7) is 1.73. The van der Waals surface area contributed by atoms with E-state index in [1.165, 1.54) is 0 Å². The van der Waals surface area contributed by atoms with Gasteiger partial charge in [-0.2, -0.15) is 0 Å². The number of hydrogen-bond donors (Lipinski definition) is 4. The molecule has 1 unspecified atom stereocenters. The lowest BCUT2D eigenvalue weighted by molar-refractivity contribution is -0.139. The van der Waals surface area contributed by atoms with Crippen LogP contribution in [0.3, 0.4) is 0 Å². The number of aliphatic hydroxyl groups excluding tert-OH is 1. The largest absolute Gasteiger partial charge is 0.480 e. The van der Waals surface area contributed by atoms with Crippen LogP contribution in [0.2, 0.25) is 0 Å². The molecule has 1 aromatic rings. The maximum Gasteiger partial charge on any atom is 0.326 e. The average molecular weight is 300 g/mol. The van der Waals surface area contributed by atoms with Crippen LogP contribution >= 0.6 is 11.3 Å². The number of hydrogen-bond acceptors (Lipinski definition) is 4. The van der Waals surface area contributed by atoms with Gasteiger partial charge in [-0.05, 0) is 17.9 Å². The SMILES string of the molecule is CCCC(NC(=O)N[C@H](CCO)C(=O)O)c1cccs1. The number of urea groups is 1. The number of nitrogens with one attached hydrogen (secondary N) is 2. The van der Waals surface area contributed by atoms with Gasteiger partial charge in [0.1, 0.15) is 6.04 Å². The highest BCUT2D eigenvalue weighted by atomic mass is 32.1. The summed E-state index contributed by atoms with van der Waals surface area (Å²) in [6.07, 6.45) is 1.67. The Labute approximate surface area is 121 Å². The first-order valence-corrected chi connectivity index (χ1v) is 7.40. The minimum Gasteiger partial charge on any atom is -0.480 e. The number of amides is 2. The molecule has 2 atom stereocenters. The molecule has 0 bridgehead atoms. The number of carbonyl (C=O) groups is 2. The summed E-state index contributed by atoms with van der Waals surface area (Å²) < 4.78 is 0. The van der Waals surface area contributed by atoms with E-state index in [2.05, 4.69) is 10.6 Å². The summed E-state index contributed by atoms with van der Waals surface area (Å²) >= 11 is 1.55. The first-order chi connectivity index (χ1) is 9.58. The Morgan fingerprint density at radius 2 is 2.10 bits per heavy atom. The first kappa shape index (κ1) is 16.5. The number of aliphatic carboxylic acids is 1. The van der Waals surface area contributed by atoms with Crippen LogP contribution in [0.4, 0.5) is 4.79 Å².